The number of benzene rings is 4. The molecule has 5 aromatic rings. The van der Waals surface area contributed by atoms with Crippen LogP contribution in [0, 0.1) is 24.6 Å². The Morgan fingerprint density at radius 3 is 2.42 bits per heavy atom. The third-order valence-corrected chi connectivity index (χ3v) is 8.66. The van der Waals surface area contributed by atoms with Gasteiger partial charge in [-0.2, -0.15) is 5.10 Å². The highest BCUT2D eigenvalue weighted by molar-refractivity contribution is 5.95. The molecule has 7 rings (SSSR count). The Labute approximate surface area is 221 Å². The molecule has 3 atom stereocenters. The van der Waals surface area contributed by atoms with E-state index in [1.54, 1.807) is 12.1 Å². The van der Waals surface area contributed by atoms with Gasteiger partial charge in [-0.1, -0.05) is 48.5 Å². The molecular weight excluding hydrogens is 473 g/mol. The van der Waals surface area contributed by atoms with Crippen molar-refractivity contribution in [3.05, 3.63) is 131 Å². The van der Waals surface area contributed by atoms with Gasteiger partial charge in [-0.25, -0.2) is 9.07 Å². The zero-order chi connectivity index (χ0) is 25.9. The highest BCUT2D eigenvalue weighted by Crippen LogP contribution is 2.66. The van der Waals surface area contributed by atoms with E-state index in [4.69, 9.17) is 0 Å². The van der Waals surface area contributed by atoms with Crippen LogP contribution in [0.25, 0.3) is 16.6 Å². The van der Waals surface area contributed by atoms with Crippen molar-refractivity contribution >= 4 is 16.8 Å². The molecule has 0 N–H and O–H groups in total. The van der Waals surface area contributed by atoms with Gasteiger partial charge in [-0.05, 0) is 90.4 Å². The average Bonchev–Trinajstić information content (AvgIpc) is 3.25. The Hall–Kier alpha value is -4.25. The summed E-state index contributed by atoms with van der Waals surface area (Å²) in [6, 6.07) is 31.2. The minimum atomic E-state index is -0.261. The lowest BCUT2D eigenvalue weighted by Crippen LogP contribution is -2.35. The number of hydrogen-bond acceptors (Lipinski definition) is 2. The van der Waals surface area contributed by atoms with Crippen LogP contribution in [0.15, 0.2) is 103 Å². The Morgan fingerprint density at radius 1 is 0.974 bits per heavy atom. The molecule has 0 spiro atoms. The van der Waals surface area contributed by atoms with Gasteiger partial charge < -0.3 is 4.90 Å². The van der Waals surface area contributed by atoms with Gasteiger partial charge in [0.2, 0.25) is 0 Å². The zero-order valence-electron chi connectivity index (χ0n) is 21.2. The maximum Gasteiger partial charge on any atom is 0.253 e. The first kappa shape index (κ1) is 22.9. The standard InChI is InChI=1S/C33H28FN3O/c1-22-16-31-25(19-35-37(31)27-14-12-26(34)13-15-27)18-28(22)33-21-36(32(38)24-10-6-3-7-11-24)20-30(33)29(33)17-23-8-4-2-5-9-23/h2-16,18-19,29-30H,17,20-21H2,1H3/t29-,30-,33-/m1/s1. The molecule has 188 valence electrons. The maximum atomic E-state index is 13.5. The smallest absolute Gasteiger partial charge is 0.253 e. The summed E-state index contributed by atoms with van der Waals surface area (Å²) in [5, 5.41) is 5.70. The van der Waals surface area contributed by atoms with Crippen LogP contribution in [0.2, 0.25) is 0 Å². The Morgan fingerprint density at radius 2 is 1.68 bits per heavy atom. The van der Waals surface area contributed by atoms with E-state index in [1.165, 1.54) is 28.8 Å². The predicted octanol–water partition coefficient (Wildman–Crippen LogP) is 6.36. The summed E-state index contributed by atoms with van der Waals surface area (Å²) < 4.78 is 15.4. The van der Waals surface area contributed by atoms with Crippen LogP contribution in [0.4, 0.5) is 4.39 Å². The van der Waals surface area contributed by atoms with Crippen molar-refractivity contribution in [3.8, 4) is 5.69 Å². The van der Waals surface area contributed by atoms with Crippen LogP contribution in [-0.4, -0.2) is 33.7 Å². The van der Waals surface area contributed by atoms with Crippen LogP contribution in [-0.2, 0) is 11.8 Å². The van der Waals surface area contributed by atoms with E-state index in [0.29, 0.717) is 11.8 Å². The lowest BCUT2D eigenvalue weighted by Gasteiger charge is -2.26. The van der Waals surface area contributed by atoms with Gasteiger partial charge in [0.15, 0.2) is 0 Å². The molecule has 5 heteroatoms. The van der Waals surface area contributed by atoms with Crippen molar-refractivity contribution in [3.63, 3.8) is 0 Å². The number of nitrogens with zero attached hydrogens (tertiary/aromatic N) is 3. The molecule has 2 heterocycles. The third-order valence-electron chi connectivity index (χ3n) is 8.66. The summed E-state index contributed by atoms with van der Waals surface area (Å²) in [6.45, 7) is 3.67. The molecule has 4 nitrogen and oxygen atoms in total. The van der Waals surface area contributed by atoms with Gasteiger partial charge in [0.25, 0.3) is 5.91 Å². The molecule has 0 unspecified atom stereocenters. The number of aryl methyl sites for hydroxylation is 1. The number of aromatic nitrogens is 2. The second-order valence-corrected chi connectivity index (χ2v) is 10.8. The fourth-order valence-electron chi connectivity index (χ4n) is 6.81. The molecule has 1 amide bonds. The third kappa shape index (κ3) is 3.57. The summed E-state index contributed by atoms with van der Waals surface area (Å²) in [4.78, 5) is 15.5. The lowest BCUT2D eigenvalue weighted by atomic mass is 9.86. The van der Waals surface area contributed by atoms with Gasteiger partial charge >= 0.3 is 0 Å². The summed E-state index contributed by atoms with van der Waals surface area (Å²) in [5.74, 6) is 0.744. The first-order valence-corrected chi connectivity index (χ1v) is 13.2. The normalized spacial score (nSPS) is 22.0. The molecule has 38 heavy (non-hydrogen) atoms. The molecule has 2 fully saturated rings. The minimum absolute atomic E-state index is 0.0729. The Kier molecular flexibility index (Phi) is 5.22. The van der Waals surface area contributed by atoms with Crippen LogP contribution in [0.1, 0.15) is 27.0 Å². The van der Waals surface area contributed by atoms with Crippen molar-refractivity contribution in [2.45, 2.75) is 18.8 Å². The molecule has 1 aliphatic carbocycles. The molecule has 1 aromatic heterocycles. The molecule has 1 saturated carbocycles. The quantitative estimate of drug-likeness (QED) is 0.281. The average molecular weight is 502 g/mol. The minimum Gasteiger partial charge on any atom is -0.337 e. The van der Waals surface area contributed by atoms with Gasteiger partial charge in [0.1, 0.15) is 5.82 Å². The zero-order valence-corrected chi connectivity index (χ0v) is 21.2. The number of hydrogen-bond donors (Lipinski definition) is 0. The van der Waals surface area contributed by atoms with Crippen LogP contribution in [0.3, 0.4) is 0 Å². The largest absolute Gasteiger partial charge is 0.337 e. The van der Waals surface area contributed by atoms with E-state index >= 15 is 0 Å². The van der Waals surface area contributed by atoms with Gasteiger partial charge in [0, 0.05) is 29.5 Å². The van der Waals surface area contributed by atoms with Crippen LogP contribution >= 0.6 is 0 Å². The number of carbonyl (C=O) groups excluding carboxylic acids is 1. The molecule has 1 aliphatic heterocycles. The van der Waals surface area contributed by atoms with E-state index in [0.717, 1.165) is 41.7 Å². The number of piperidine rings is 1. The molecule has 0 radical (unpaired) electrons. The number of carbonyl (C=O) groups is 1. The van der Waals surface area contributed by atoms with E-state index < -0.39 is 0 Å². The molecule has 2 aliphatic rings. The SMILES string of the molecule is Cc1cc2c(cnn2-c2ccc(F)cc2)cc1[C@@]12CN(C(=O)c3ccccc3)C[C@@H]1[C@H]2Cc1ccccc1. The van der Waals surface area contributed by atoms with Crippen molar-refractivity contribution in [2.24, 2.45) is 11.8 Å². The van der Waals surface area contributed by atoms with E-state index in [1.807, 2.05) is 46.1 Å². The highest BCUT2D eigenvalue weighted by atomic mass is 19.1. The first-order chi connectivity index (χ1) is 18.5. The molecule has 0 bridgehead atoms. The molecule has 1 saturated heterocycles. The second-order valence-electron chi connectivity index (χ2n) is 10.8. The van der Waals surface area contributed by atoms with Crippen LogP contribution in [0.5, 0.6) is 0 Å². The van der Waals surface area contributed by atoms with E-state index in [2.05, 4.69) is 54.5 Å². The summed E-state index contributed by atoms with van der Waals surface area (Å²) >= 11 is 0. The summed E-state index contributed by atoms with van der Waals surface area (Å²) in [7, 11) is 0. The number of halogens is 1. The van der Waals surface area contributed by atoms with E-state index in [9.17, 15) is 9.18 Å². The van der Waals surface area contributed by atoms with Crippen molar-refractivity contribution in [2.75, 3.05) is 13.1 Å². The first-order valence-electron chi connectivity index (χ1n) is 13.2. The number of amides is 1. The fraction of sp³-hybridized carbons (Fsp3) is 0.212. The second kappa shape index (κ2) is 8.66. The molecular formula is C33H28FN3O. The number of likely N-dealkylation sites (tertiary alicyclic amines) is 1. The summed E-state index contributed by atoms with van der Waals surface area (Å²) in [6.07, 6.45) is 2.90. The highest BCUT2D eigenvalue weighted by Gasteiger charge is 2.70. The predicted molar refractivity (Wildman–Crippen MR) is 147 cm³/mol. The summed E-state index contributed by atoms with van der Waals surface area (Å²) in [5.41, 5.74) is 6.37. The van der Waals surface area contributed by atoms with Crippen molar-refractivity contribution < 1.29 is 9.18 Å². The van der Waals surface area contributed by atoms with Gasteiger partial charge in [-0.15, -0.1) is 0 Å². The molecule has 4 aromatic carbocycles. The van der Waals surface area contributed by atoms with Gasteiger partial charge in [-0.3, -0.25) is 4.79 Å². The Bertz CT molecular complexity index is 1650. The maximum absolute atomic E-state index is 13.5. The number of rotatable bonds is 5. The van der Waals surface area contributed by atoms with Gasteiger partial charge in [0.05, 0.1) is 17.4 Å². The monoisotopic (exact) mass is 501 g/mol. The van der Waals surface area contributed by atoms with Crippen molar-refractivity contribution in [1.82, 2.24) is 14.7 Å². The van der Waals surface area contributed by atoms with Crippen LogP contribution < -0.4 is 0 Å². The topological polar surface area (TPSA) is 38.1 Å². The fourth-order valence-corrected chi connectivity index (χ4v) is 6.81. The number of fused-ring (bicyclic) bond motifs is 2. The van der Waals surface area contributed by atoms with E-state index in [-0.39, 0.29) is 17.1 Å². The Balaban J connectivity index is 1.28. The lowest BCUT2D eigenvalue weighted by molar-refractivity contribution is 0.0763. The van der Waals surface area contributed by atoms with Crippen molar-refractivity contribution in [1.29, 1.82) is 0 Å².